The fourth-order valence-corrected chi connectivity index (χ4v) is 2.60. The Morgan fingerprint density at radius 3 is 2.61 bits per heavy atom. The zero-order valence-electron chi connectivity index (χ0n) is 10.0. The summed E-state index contributed by atoms with van der Waals surface area (Å²) in [7, 11) is 0. The maximum atomic E-state index is 12.4. The molecule has 94 valence electrons. The largest absolute Gasteiger partial charge is 0.480 e. The van der Waals surface area contributed by atoms with Crippen molar-refractivity contribution in [2.45, 2.75) is 31.2 Å². The van der Waals surface area contributed by atoms with E-state index in [1.54, 1.807) is 4.90 Å². The maximum Gasteiger partial charge on any atom is 0.323 e. The standard InChI is InChI=1S/C14H15NO3/c16-13(17)8-15(10-5-6-10)14(18)12-7-9-3-1-2-4-11(9)12/h1-4,10,12H,5-8H2,(H,16,17). The van der Waals surface area contributed by atoms with E-state index in [9.17, 15) is 9.59 Å². The number of fused-ring (bicyclic) bond motifs is 1. The van der Waals surface area contributed by atoms with E-state index in [-0.39, 0.29) is 24.4 Å². The summed E-state index contributed by atoms with van der Waals surface area (Å²) in [6.07, 6.45) is 2.62. The van der Waals surface area contributed by atoms with Crippen LogP contribution in [0, 0.1) is 0 Å². The Morgan fingerprint density at radius 1 is 1.28 bits per heavy atom. The van der Waals surface area contributed by atoms with E-state index in [2.05, 4.69) is 0 Å². The first-order valence-corrected chi connectivity index (χ1v) is 6.27. The van der Waals surface area contributed by atoms with Crippen LogP contribution in [0.5, 0.6) is 0 Å². The summed E-state index contributed by atoms with van der Waals surface area (Å²) in [4.78, 5) is 24.7. The highest BCUT2D eigenvalue weighted by molar-refractivity contribution is 5.89. The van der Waals surface area contributed by atoms with Gasteiger partial charge in [0.15, 0.2) is 0 Å². The Bertz CT molecular complexity index is 508. The number of carbonyl (C=O) groups excluding carboxylic acids is 1. The molecule has 0 aliphatic heterocycles. The first-order valence-electron chi connectivity index (χ1n) is 6.27. The number of carboxylic acids is 1. The smallest absolute Gasteiger partial charge is 0.323 e. The Morgan fingerprint density at radius 2 is 2.00 bits per heavy atom. The molecule has 1 atom stereocenters. The normalized spacial score (nSPS) is 20.8. The topological polar surface area (TPSA) is 57.6 Å². The third-order valence-electron chi connectivity index (χ3n) is 3.73. The van der Waals surface area contributed by atoms with Gasteiger partial charge in [0.25, 0.3) is 0 Å². The second-order valence-electron chi connectivity index (χ2n) is 5.05. The Balaban J connectivity index is 1.76. The van der Waals surface area contributed by atoms with Gasteiger partial charge in [-0.25, -0.2) is 0 Å². The van der Waals surface area contributed by atoms with Crippen molar-refractivity contribution in [1.82, 2.24) is 4.90 Å². The van der Waals surface area contributed by atoms with Gasteiger partial charge in [-0.15, -0.1) is 0 Å². The molecule has 3 rings (SSSR count). The molecular formula is C14H15NO3. The predicted molar refractivity (Wildman–Crippen MR) is 65.3 cm³/mol. The van der Waals surface area contributed by atoms with E-state index < -0.39 is 5.97 Å². The summed E-state index contributed by atoms with van der Waals surface area (Å²) in [5.74, 6) is -1.07. The number of carbonyl (C=O) groups is 2. The molecular weight excluding hydrogens is 230 g/mol. The Kier molecular flexibility index (Phi) is 2.58. The van der Waals surface area contributed by atoms with Crippen molar-refractivity contribution in [3.05, 3.63) is 35.4 Å². The molecule has 1 aromatic rings. The fourth-order valence-electron chi connectivity index (χ4n) is 2.60. The lowest BCUT2D eigenvalue weighted by Crippen LogP contribution is -2.43. The van der Waals surface area contributed by atoms with Crippen molar-refractivity contribution < 1.29 is 14.7 Å². The lowest BCUT2D eigenvalue weighted by Gasteiger charge is -2.33. The first kappa shape index (κ1) is 11.3. The minimum atomic E-state index is -0.928. The third kappa shape index (κ3) is 1.88. The van der Waals surface area contributed by atoms with Crippen molar-refractivity contribution in [1.29, 1.82) is 0 Å². The van der Waals surface area contributed by atoms with Gasteiger partial charge in [-0.3, -0.25) is 9.59 Å². The quantitative estimate of drug-likeness (QED) is 0.872. The number of nitrogens with zero attached hydrogens (tertiary/aromatic N) is 1. The molecule has 1 N–H and O–H groups in total. The minimum absolute atomic E-state index is 0.0152. The summed E-state index contributed by atoms with van der Waals surface area (Å²) in [5, 5.41) is 8.88. The number of rotatable bonds is 4. The summed E-state index contributed by atoms with van der Waals surface area (Å²) in [5.41, 5.74) is 2.28. The van der Waals surface area contributed by atoms with Crippen LogP contribution in [-0.4, -0.2) is 34.5 Å². The highest BCUT2D eigenvalue weighted by Gasteiger charge is 2.40. The molecule has 1 aromatic carbocycles. The average Bonchev–Trinajstić information content (AvgIpc) is 3.11. The molecule has 2 aliphatic carbocycles. The number of hydrogen-bond acceptors (Lipinski definition) is 2. The van der Waals surface area contributed by atoms with Crippen LogP contribution in [0.1, 0.15) is 29.9 Å². The van der Waals surface area contributed by atoms with E-state index in [0.717, 1.165) is 24.8 Å². The van der Waals surface area contributed by atoms with Crippen LogP contribution in [0.15, 0.2) is 24.3 Å². The van der Waals surface area contributed by atoms with Crippen LogP contribution in [0.3, 0.4) is 0 Å². The maximum absolute atomic E-state index is 12.4. The number of hydrogen-bond donors (Lipinski definition) is 1. The van der Waals surface area contributed by atoms with Crippen molar-refractivity contribution in [3.63, 3.8) is 0 Å². The molecule has 18 heavy (non-hydrogen) atoms. The van der Waals surface area contributed by atoms with Crippen molar-refractivity contribution >= 4 is 11.9 Å². The molecule has 1 amide bonds. The molecule has 4 heteroatoms. The van der Waals surface area contributed by atoms with Crippen molar-refractivity contribution in [2.24, 2.45) is 0 Å². The number of benzene rings is 1. The molecule has 1 fully saturated rings. The highest BCUT2D eigenvalue weighted by atomic mass is 16.4. The zero-order valence-corrected chi connectivity index (χ0v) is 10.0. The average molecular weight is 245 g/mol. The first-order chi connectivity index (χ1) is 8.66. The van der Waals surface area contributed by atoms with E-state index >= 15 is 0 Å². The van der Waals surface area contributed by atoms with Gasteiger partial charge in [-0.2, -0.15) is 0 Å². The molecule has 0 saturated heterocycles. The third-order valence-corrected chi connectivity index (χ3v) is 3.73. The van der Waals surface area contributed by atoms with Crippen LogP contribution in [0.2, 0.25) is 0 Å². The van der Waals surface area contributed by atoms with Gasteiger partial charge in [0.05, 0.1) is 5.92 Å². The second kappa shape index (κ2) is 4.12. The zero-order chi connectivity index (χ0) is 12.7. The van der Waals surface area contributed by atoms with Gasteiger partial charge in [-0.05, 0) is 30.4 Å². The SMILES string of the molecule is O=C(O)CN(C(=O)C1Cc2ccccc21)C1CC1. The fraction of sp³-hybridized carbons (Fsp3) is 0.429. The summed E-state index contributed by atoms with van der Waals surface area (Å²) in [6.45, 7) is -0.165. The molecule has 0 aromatic heterocycles. The van der Waals surface area contributed by atoms with Crippen molar-refractivity contribution in [2.75, 3.05) is 6.54 Å². The summed E-state index contributed by atoms with van der Waals surface area (Å²) < 4.78 is 0. The number of amides is 1. The van der Waals surface area contributed by atoms with Crippen LogP contribution in [0.4, 0.5) is 0 Å². The minimum Gasteiger partial charge on any atom is -0.480 e. The van der Waals surface area contributed by atoms with Gasteiger partial charge in [0, 0.05) is 6.04 Å². The van der Waals surface area contributed by atoms with Crippen LogP contribution < -0.4 is 0 Å². The summed E-state index contributed by atoms with van der Waals surface area (Å²) >= 11 is 0. The molecule has 0 bridgehead atoms. The molecule has 1 unspecified atom stereocenters. The van der Waals surface area contributed by atoms with E-state index in [1.165, 1.54) is 5.56 Å². The van der Waals surface area contributed by atoms with Crippen LogP contribution in [-0.2, 0) is 16.0 Å². The molecule has 2 aliphatic rings. The van der Waals surface area contributed by atoms with E-state index in [4.69, 9.17) is 5.11 Å². The van der Waals surface area contributed by atoms with E-state index in [1.807, 2.05) is 24.3 Å². The van der Waals surface area contributed by atoms with Gasteiger partial charge < -0.3 is 10.0 Å². The van der Waals surface area contributed by atoms with Crippen LogP contribution in [0.25, 0.3) is 0 Å². The molecule has 0 radical (unpaired) electrons. The van der Waals surface area contributed by atoms with Gasteiger partial charge in [0.1, 0.15) is 6.54 Å². The van der Waals surface area contributed by atoms with Gasteiger partial charge in [0.2, 0.25) is 5.91 Å². The lowest BCUT2D eigenvalue weighted by atomic mass is 9.77. The molecule has 1 saturated carbocycles. The second-order valence-corrected chi connectivity index (χ2v) is 5.05. The number of carboxylic acid groups (broad SMARTS) is 1. The van der Waals surface area contributed by atoms with Gasteiger partial charge in [-0.1, -0.05) is 24.3 Å². The van der Waals surface area contributed by atoms with Crippen molar-refractivity contribution in [3.8, 4) is 0 Å². The van der Waals surface area contributed by atoms with E-state index in [0.29, 0.717) is 0 Å². The Hall–Kier alpha value is -1.84. The Labute approximate surface area is 105 Å². The monoisotopic (exact) mass is 245 g/mol. The molecule has 0 spiro atoms. The number of aliphatic carboxylic acids is 1. The van der Waals surface area contributed by atoms with Crippen LogP contribution >= 0.6 is 0 Å². The molecule has 4 nitrogen and oxygen atoms in total. The lowest BCUT2D eigenvalue weighted by molar-refractivity contribution is -0.145. The molecule has 0 heterocycles. The highest BCUT2D eigenvalue weighted by Crippen LogP contribution is 2.38. The predicted octanol–water partition coefficient (Wildman–Crippen LogP) is 1.40. The van der Waals surface area contributed by atoms with Gasteiger partial charge >= 0.3 is 5.97 Å². The summed E-state index contributed by atoms with van der Waals surface area (Å²) in [6, 6.07) is 8.04.